The number of thioether (sulfide) groups is 1. The zero-order valence-corrected chi connectivity index (χ0v) is 18.4. The average molecular weight is 439 g/mol. The number of carbonyl (C=O) groups is 1. The van der Waals surface area contributed by atoms with Crippen molar-refractivity contribution in [1.82, 2.24) is 20.1 Å². The van der Waals surface area contributed by atoms with Crippen LogP contribution in [0.15, 0.2) is 69.7 Å². The number of nitrogens with one attached hydrogen (secondary N) is 1. The van der Waals surface area contributed by atoms with E-state index in [1.165, 1.54) is 11.8 Å². The van der Waals surface area contributed by atoms with E-state index in [9.17, 15) is 4.79 Å². The molecule has 1 atom stereocenters. The molecule has 4 aromatic rings. The predicted molar refractivity (Wildman–Crippen MR) is 120 cm³/mol. The first kappa shape index (κ1) is 20.4. The molecule has 30 heavy (non-hydrogen) atoms. The highest BCUT2D eigenvalue weighted by atomic mass is 32.2. The zero-order valence-electron chi connectivity index (χ0n) is 16.7. The summed E-state index contributed by atoms with van der Waals surface area (Å²) in [5, 5.41) is 14.5. The molecule has 0 bridgehead atoms. The number of aromatic nitrogens is 3. The van der Waals surface area contributed by atoms with Gasteiger partial charge in [-0.15, -0.1) is 21.5 Å². The first-order chi connectivity index (χ1) is 14.7. The highest BCUT2D eigenvalue weighted by Gasteiger charge is 2.20. The molecule has 0 aliphatic carbocycles. The number of rotatable bonds is 8. The van der Waals surface area contributed by atoms with E-state index in [0.29, 0.717) is 6.54 Å². The minimum absolute atomic E-state index is 0.0473. The van der Waals surface area contributed by atoms with Crippen molar-refractivity contribution >= 4 is 29.0 Å². The molecule has 3 aromatic heterocycles. The molecule has 1 aromatic carbocycles. The highest BCUT2D eigenvalue weighted by Crippen LogP contribution is 2.28. The SMILES string of the molecule is CCn1c(SCC(=O)N[C@H](c2ccccc2)c2cccs2)nnc1-c1ccoc1C. The number of aryl methyl sites for hydroxylation is 1. The predicted octanol–water partition coefficient (Wildman–Crippen LogP) is 4.93. The number of nitrogens with zero attached hydrogens (tertiary/aromatic N) is 3. The van der Waals surface area contributed by atoms with Crippen molar-refractivity contribution in [3.63, 3.8) is 0 Å². The maximum Gasteiger partial charge on any atom is 0.231 e. The van der Waals surface area contributed by atoms with E-state index in [4.69, 9.17) is 4.42 Å². The number of benzene rings is 1. The van der Waals surface area contributed by atoms with Gasteiger partial charge < -0.3 is 14.3 Å². The minimum atomic E-state index is -0.160. The van der Waals surface area contributed by atoms with Gasteiger partial charge in [0.25, 0.3) is 0 Å². The lowest BCUT2D eigenvalue weighted by atomic mass is 10.1. The molecule has 1 amide bonds. The normalized spacial score (nSPS) is 12.1. The molecule has 0 saturated heterocycles. The van der Waals surface area contributed by atoms with Gasteiger partial charge in [0.2, 0.25) is 5.91 Å². The first-order valence-electron chi connectivity index (χ1n) is 9.65. The molecule has 0 unspecified atom stereocenters. The van der Waals surface area contributed by atoms with E-state index in [0.717, 1.165) is 32.7 Å². The summed E-state index contributed by atoms with van der Waals surface area (Å²) in [4.78, 5) is 13.9. The molecule has 4 rings (SSSR count). The monoisotopic (exact) mass is 438 g/mol. The van der Waals surface area contributed by atoms with Crippen molar-refractivity contribution < 1.29 is 9.21 Å². The second-order valence-corrected chi connectivity index (χ2v) is 8.58. The third kappa shape index (κ3) is 4.34. The lowest BCUT2D eigenvalue weighted by Crippen LogP contribution is -2.30. The number of thiophene rings is 1. The Labute approximate surface area is 183 Å². The number of hydrogen-bond donors (Lipinski definition) is 1. The highest BCUT2D eigenvalue weighted by molar-refractivity contribution is 7.99. The van der Waals surface area contributed by atoms with Crippen molar-refractivity contribution in [2.45, 2.75) is 31.6 Å². The summed E-state index contributed by atoms with van der Waals surface area (Å²) in [6.45, 7) is 4.64. The van der Waals surface area contributed by atoms with Crippen LogP contribution in [-0.4, -0.2) is 26.4 Å². The molecule has 1 N–H and O–H groups in total. The molecule has 8 heteroatoms. The summed E-state index contributed by atoms with van der Waals surface area (Å²) in [6.07, 6.45) is 1.65. The Bertz CT molecular complexity index is 1100. The van der Waals surface area contributed by atoms with Gasteiger partial charge in [0, 0.05) is 11.4 Å². The first-order valence-corrected chi connectivity index (χ1v) is 11.5. The molecule has 0 saturated carbocycles. The minimum Gasteiger partial charge on any atom is -0.469 e. The Kier molecular flexibility index (Phi) is 6.35. The maximum atomic E-state index is 12.8. The second-order valence-electron chi connectivity index (χ2n) is 6.66. The fourth-order valence-corrected chi connectivity index (χ4v) is 4.87. The fourth-order valence-electron chi connectivity index (χ4n) is 3.25. The van der Waals surface area contributed by atoms with Crippen LogP contribution >= 0.6 is 23.1 Å². The Morgan fingerprint density at radius 2 is 2.03 bits per heavy atom. The van der Waals surface area contributed by atoms with Crippen LogP contribution in [0.4, 0.5) is 0 Å². The quantitative estimate of drug-likeness (QED) is 0.395. The summed E-state index contributed by atoms with van der Waals surface area (Å²) >= 11 is 3.02. The Hall–Kier alpha value is -2.84. The van der Waals surface area contributed by atoms with Crippen molar-refractivity contribution in [2.75, 3.05) is 5.75 Å². The molecular formula is C22H22N4O2S2. The maximum absolute atomic E-state index is 12.8. The van der Waals surface area contributed by atoms with Crippen LogP contribution in [-0.2, 0) is 11.3 Å². The molecular weight excluding hydrogens is 416 g/mol. The number of furan rings is 1. The van der Waals surface area contributed by atoms with Gasteiger partial charge in [0.05, 0.1) is 23.6 Å². The van der Waals surface area contributed by atoms with Gasteiger partial charge in [-0.3, -0.25) is 4.79 Å². The molecule has 0 spiro atoms. The molecule has 154 valence electrons. The van der Waals surface area contributed by atoms with E-state index in [1.807, 2.05) is 72.3 Å². The van der Waals surface area contributed by atoms with Crippen LogP contribution < -0.4 is 5.32 Å². The van der Waals surface area contributed by atoms with Gasteiger partial charge in [0.1, 0.15) is 5.76 Å². The molecule has 3 heterocycles. The molecule has 0 radical (unpaired) electrons. The van der Waals surface area contributed by atoms with E-state index in [-0.39, 0.29) is 17.7 Å². The summed E-state index contributed by atoms with van der Waals surface area (Å²) < 4.78 is 7.40. The van der Waals surface area contributed by atoms with Crippen molar-refractivity contribution in [3.8, 4) is 11.4 Å². The summed E-state index contributed by atoms with van der Waals surface area (Å²) in [5.41, 5.74) is 1.98. The number of hydrogen-bond acceptors (Lipinski definition) is 6. The zero-order chi connectivity index (χ0) is 20.9. The smallest absolute Gasteiger partial charge is 0.231 e. The topological polar surface area (TPSA) is 73.0 Å². The second kappa shape index (κ2) is 9.32. The van der Waals surface area contributed by atoms with Gasteiger partial charge in [-0.2, -0.15) is 0 Å². The van der Waals surface area contributed by atoms with Crippen LogP contribution in [0.25, 0.3) is 11.4 Å². The lowest BCUT2D eigenvalue weighted by Gasteiger charge is -2.18. The third-order valence-corrected chi connectivity index (χ3v) is 6.64. The van der Waals surface area contributed by atoms with E-state index >= 15 is 0 Å². The van der Waals surface area contributed by atoms with Gasteiger partial charge in [0.15, 0.2) is 11.0 Å². The molecule has 6 nitrogen and oxygen atoms in total. The largest absolute Gasteiger partial charge is 0.469 e. The van der Waals surface area contributed by atoms with Gasteiger partial charge in [-0.1, -0.05) is 48.2 Å². The Balaban J connectivity index is 1.47. The fraction of sp³-hybridized carbons (Fsp3) is 0.227. The van der Waals surface area contributed by atoms with Crippen molar-refractivity contribution in [2.24, 2.45) is 0 Å². The van der Waals surface area contributed by atoms with Crippen molar-refractivity contribution in [3.05, 3.63) is 76.4 Å². The Morgan fingerprint density at radius 1 is 1.20 bits per heavy atom. The molecule has 0 fully saturated rings. The van der Waals surface area contributed by atoms with Crippen LogP contribution in [0.3, 0.4) is 0 Å². The summed E-state index contributed by atoms with van der Waals surface area (Å²) in [5.74, 6) is 1.77. The standard InChI is InChI=1S/C22H22N4O2S2/c1-3-26-21(17-11-12-28-15(17)2)24-25-22(26)30-14-19(27)23-20(18-10-7-13-29-18)16-8-5-4-6-9-16/h4-13,20H,3,14H2,1-2H3,(H,23,27)/t20-/m1/s1. The van der Waals surface area contributed by atoms with Gasteiger partial charge >= 0.3 is 0 Å². The van der Waals surface area contributed by atoms with Crippen LogP contribution in [0.2, 0.25) is 0 Å². The van der Waals surface area contributed by atoms with E-state index in [1.54, 1.807) is 17.6 Å². The Morgan fingerprint density at radius 3 is 2.70 bits per heavy atom. The average Bonchev–Trinajstić information content (AvgIpc) is 3.51. The van der Waals surface area contributed by atoms with Crippen LogP contribution in [0, 0.1) is 6.92 Å². The van der Waals surface area contributed by atoms with E-state index in [2.05, 4.69) is 15.5 Å². The summed E-state index contributed by atoms with van der Waals surface area (Å²) in [6, 6.07) is 15.8. The number of carbonyl (C=O) groups excluding carboxylic acids is 1. The molecule has 0 aliphatic heterocycles. The van der Waals surface area contributed by atoms with Crippen molar-refractivity contribution in [1.29, 1.82) is 0 Å². The third-order valence-electron chi connectivity index (χ3n) is 4.73. The molecule has 0 aliphatic rings. The van der Waals surface area contributed by atoms with Crippen LogP contribution in [0.5, 0.6) is 0 Å². The number of amides is 1. The van der Waals surface area contributed by atoms with Crippen LogP contribution in [0.1, 0.15) is 29.2 Å². The van der Waals surface area contributed by atoms with Gasteiger partial charge in [-0.25, -0.2) is 0 Å². The van der Waals surface area contributed by atoms with E-state index < -0.39 is 0 Å². The summed E-state index contributed by atoms with van der Waals surface area (Å²) in [7, 11) is 0. The lowest BCUT2D eigenvalue weighted by molar-refractivity contribution is -0.119. The van der Waals surface area contributed by atoms with Gasteiger partial charge in [-0.05, 0) is 36.9 Å².